The molecule has 0 saturated heterocycles. The van der Waals surface area contributed by atoms with Crippen LogP contribution in [0.15, 0.2) is 35.1 Å². The monoisotopic (exact) mass is 308 g/mol. The first-order chi connectivity index (χ1) is 10.2. The summed E-state index contributed by atoms with van der Waals surface area (Å²) in [6.45, 7) is 0.540. The number of nitrogens with one attached hydrogen (secondary N) is 1. The summed E-state index contributed by atoms with van der Waals surface area (Å²) in [5.74, 6) is 0.596. The van der Waals surface area contributed by atoms with Gasteiger partial charge in [-0.25, -0.2) is 8.42 Å². The molecule has 0 aliphatic rings. The minimum Gasteiger partial charge on any atom is -0.496 e. The third kappa shape index (κ3) is 2.68. The average molecular weight is 308 g/mol. The van der Waals surface area contributed by atoms with Gasteiger partial charge in [0, 0.05) is 12.4 Å². The maximum absolute atomic E-state index is 10.8. The van der Waals surface area contributed by atoms with Gasteiger partial charge < -0.3 is 9.26 Å². The first kappa shape index (κ1) is 13.4. The zero-order valence-corrected chi connectivity index (χ0v) is 11.9. The lowest BCUT2D eigenvalue weighted by Gasteiger charge is -2.06. The van der Waals surface area contributed by atoms with Gasteiger partial charge in [0.2, 0.25) is 10.9 Å². The van der Waals surface area contributed by atoms with Crippen LogP contribution < -0.4 is 9.46 Å². The zero-order valence-electron chi connectivity index (χ0n) is 11.0. The Morgan fingerprint density at radius 3 is 2.95 bits per heavy atom. The lowest BCUT2D eigenvalue weighted by Crippen LogP contribution is -2.01. The molecule has 0 atom stereocenters. The number of fused-ring (bicyclic) bond motifs is 1. The van der Waals surface area contributed by atoms with Gasteiger partial charge >= 0.3 is 0 Å². The van der Waals surface area contributed by atoms with Crippen molar-refractivity contribution in [2.24, 2.45) is 0 Å². The number of thiol groups is 1. The largest absolute Gasteiger partial charge is 0.496 e. The van der Waals surface area contributed by atoms with E-state index in [1.165, 1.54) is 7.11 Å². The van der Waals surface area contributed by atoms with E-state index in [-0.39, 0.29) is 5.82 Å². The van der Waals surface area contributed by atoms with Gasteiger partial charge in [-0.3, -0.25) is 9.40 Å². The third-order valence-electron chi connectivity index (χ3n) is 2.92. The van der Waals surface area contributed by atoms with E-state index < -0.39 is 10.9 Å². The molecule has 110 valence electrons. The molecular weight excluding hydrogens is 296 g/mol. The van der Waals surface area contributed by atoms with Crippen molar-refractivity contribution in [1.29, 1.82) is 0 Å². The van der Waals surface area contributed by atoms with Gasteiger partial charge in [0.25, 0.3) is 0 Å². The van der Waals surface area contributed by atoms with Crippen molar-refractivity contribution in [2.45, 2.75) is 6.54 Å². The van der Waals surface area contributed by atoms with E-state index in [0.29, 0.717) is 23.3 Å². The molecule has 0 aliphatic heterocycles. The van der Waals surface area contributed by atoms with Gasteiger partial charge in [-0.15, -0.1) is 0 Å². The fourth-order valence-electron chi connectivity index (χ4n) is 2.09. The summed E-state index contributed by atoms with van der Waals surface area (Å²) in [5, 5.41) is 8.33. The molecule has 0 fully saturated rings. The lowest BCUT2D eigenvalue weighted by atomic mass is 10.1. The summed E-state index contributed by atoms with van der Waals surface area (Å²) >= 11 is 0. The van der Waals surface area contributed by atoms with Crippen molar-refractivity contribution < 1.29 is 17.7 Å². The van der Waals surface area contributed by atoms with Crippen molar-refractivity contribution in [3.63, 3.8) is 0 Å². The Morgan fingerprint density at radius 1 is 1.43 bits per heavy atom. The average Bonchev–Trinajstić information content (AvgIpc) is 3.08. The van der Waals surface area contributed by atoms with Crippen LogP contribution in [0.25, 0.3) is 11.0 Å². The van der Waals surface area contributed by atoms with Gasteiger partial charge in [0.1, 0.15) is 11.1 Å². The van der Waals surface area contributed by atoms with Gasteiger partial charge in [-0.1, -0.05) is 5.16 Å². The van der Waals surface area contributed by atoms with Crippen molar-refractivity contribution in [3.8, 4) is 5.75 Å². The molecule has 0 amide bonds. The maximum Gasteiger partial charge on any atom is 0.223 e. The van der Waals surface area contributed by atoms with E-state index in [9.17, 15) is 8.42 Å². The van der Waals surface area contributed by atoms with Crippen molar-refractivity contribution in [2.75, 3.05) is 11.8 Å². The third-order valence-corrected chi connectivity index (χ3v) is 3.31. The Balaban J connectivity index is 2.06. The minimum absolute atomic E-state index is 0.114. The second-order valence-corrected chi connectivity index (χ2v) is 5.01. The molecule has 2 aromatic heterocycles. The fraction of sp³-hybridized carbons (Fsp3) is 0.167. The van der Waals surface area contributed by atoms with E-state index >= 15 is 0 Å². The summed E-state index contributed by atoms with van der Waals surface area (Å²) in [6, 6.07) is 5.40. The molecule has 0 saturated carbocycles. The molecule has 1 aromatic carbocycles. The zero-order chi connectivity index (χ0) is 14.8. The van der Waals surface area contributed by atoms with E-state index in [1.54, 1.807) is 23.0 Å². The predicted octanol–water partition coefficient (Wildman–Crippen LogP) is 1.02. The van der Waals surface area contributed by atoms with E-state index in [0.717, 1.165) is 5.56 Å². The smallest absolute Gasteiger partial charge is 0.223 e. The highest BCUT2D eigenvalue weighted by molar-refractivity contribution is 7.73. The summed E-state index contributed by atoms with van der Waals surface area (Å²) in [6.07, 6.45) is 3.53. The normalized spacial score (nSPS) is 11.1. The standard InChI is InChI=1S/C12H12N4O4S/c1-19-9-5-8(7-16-4-2-3-13-16)6-10-11(9)12(14-20-10)15-21(17)18/h2-6,21H,7H2,1H3,(H,14,15,17,18). The first-order valence-corrected chi connectivity index (χ1v) is 7.20. The lowest BCUT2D eigenvalue weighted by molar-refractivity contribution is 0.418. The number of benzene rings is 1. The summed E-state index contributed by atoms with van der Waals surface area (Å²) in [5.41, 5.74) is 1.34. The Kier molecular flexibility index (Phi) is 3.48. The number of nitrogens with zero attached hydrogens (tertiary/aromatic N) is 3. The molecule has 0 spiro atoms. The second kappa shape index (κ2) is 5.44. The van der Waals surface area contributed by atoms with E-state index in [2.05, 4.69) is 15.0 Å². The molecule has 0 bridgehead atoms. The number of hydrogen-bond donors (Lipinski definition) is 2. The topological polar surface area (TPSA) is 99.2 Å². The van der Waals surface area contributed by atoms with Gasteiger partial charge in [0.05, 0.1) is 13.7 Å². The summed E-state index contributed by atoms with van der Waals surface area (Å²) in [4.78, 5) is 0. The molecule has 3 aromatic rings. The molecule has 0 aliphatic carbocycles. The Hall–Kier alpha value is -2.55. The fourth-order valence-corrected chi connectivity index (χ4v) is 2.41. The second-order valence-electron chi connectivity index (χ2n) is 4.27. The van der Waals surface area contributed by atoms with Crippen LogP contribution in [-0.4, -0.2) is 30.5 Å². The van der Waals surface area contributed by atoms with E-state index in [1.807, 2.05) is 12.3 Å². The highest BCUT2D eigenvalue weighted by Gasteiger charge is 2.15. The highest BCUT2D eigenvalue weighted by Crippen LogP contribution is 2.33. The number of methoxy groups -OCH3 is 1. The molecule has 8 nitrogen and oxygen atoms in total. The van der Waals surface area contributed by atoms with Crippen LogP contribution >= 0.6 is 0 Å². The number of rotatable bonds is 5. The van der Waals surface area contributed by atoms with Gasteiger partial charge in [-0.05, 0) is 23.8 Å². The number of hydrogen-bond acceptors (Lipinski definition) is 6. The van der Waals surface area contributed by atoms with Gasteiger partial charge in [-0.2, -0.15) is 5.10 Å². The maximum atomic E-state index is 10.8. The molecule has 3 rings (SSSR count). The first-order valence-electron chi connectivity index (χ1n) is 6.02. The highest BCUT2D eigenvalue weighted by atomic mass is 32.2. The van der Waals surface area contributed by atoms with Crippen molar-refractivity contribution in [1.82, 2.24) is 14.9 Å². The number of aromatic nitrogens is 3. The predicted molar refractivity (Wildman–Crippen MR) is 75.8 cm³/mol. The molecule has 21 heavy (non-hydrogen) atoms. The van der Waals surface area contributed by atoms with Crippen molar-refractivity contribution >= 4 is 27.7 Å². The Bertz CT molecular complexity index is 830. The minimum atomic E-state index is -2.82. The molecular formula is C12H12N4O4S. The van der Waals surface area contributed by atoms with Crippen LogP contribution in [0.5, 0.6) is 5.75 Å². The summed E-state index contributed by atoms with van der Waals surface area (Å²) < 4.78 is 36.0. The Labute approximate surface area is 121 Å². The van der Waals surface area contributed by atoms with Gasteiger partial charge in [0.15, 0.2) is 11.4 Å². The van der Waals surface area contributed by atoms with Crippen LogP contribution in [-0.2, 0) is 17.4 Å². The quantitative estimate of drug-likeness (QED) is 0.683. The van der Waals surface area contributed by atoms with Crippen LogP contribution in [0.1, 0.15) is 5.56 Å². The molecule has 0 radical (unpaired) electrons. The number of ether oxygens (including phenoxy) is 1. The van der Waals surface area contributed by atoms with Crippen LogP contribution in [0.3, 0.4) is 0 Å². The molecule has 0 unspecified atom stereocenters. The van der Waals surface area contributed by atoms with Crippen LogP contribution in [0, 0.1) is 0 Å². The molecule has 1 N–H and O–H groups in total. The Morgan fingerprint density at radius 2 is 2.29 bits per heavy atom. The van der Waals surface area contributed by atoms with E-state index in [4.69, 9.17) is 9.26 Å². The molecule has 2 heterocycles. The SMILES string of the molecule is COc1cc(Cn2cccn2)cc2onc(N[SH](=O)=O)c12. The van der Waals surface area contributed by atoms with Crippen LogP contribution in [0.4, 0.5) is 5.82 Å². The van der Waals surface area contributed by atoms with Crippen molar-refractivity contribution in [3.05, 3.63) is 36.2 Å². The number of anilines is 1. The van der Waals surface area contributed by atoms with Crippen LogP contribution in [0.2, 0.25) is 0 Å². The molecule has 9 heteroatoms. The summed E-state index contributed by atoms with van der Waals surface area (Å²) in [7, 11) is -1.32.